The molecule has 2 rings (SSSR count). The van der Waals surface area contributed by atoms with Gasteiger partial charge in [-0.15, -0.1) is 0 Å². The van der Waals surface area contributed by atoms with Crippen molar-refractivity contribution in [2.45, 2.75) is 19.6 Å². The minimum Gasteiger partial charge on any atom is -0.390 e. The molecule has 0 saturated heterocycles. The summed E-state index contributed by atoms with van der Waals surface area (Å²) in [5, 5.41) is 12.8. The van der Waals surface area contributed by atoms with E-state index in [9.17, 15) is 13.2 Å². The SMILES string of the molecule is C=C(C)C(F)(F)F.OCC[n+]1ccc(-c2ncccn2)cn1. The fraction of sp³-hybridized carbons (Fsp3) is 0.286. The van der Waals surface area contributed by atoms with Crippen molar-refractivity contribution in [2.24, 2.45) is 0 Å². The van der Waals surface area contributed by atoms with Gasteiger partial charge in [0, 0.05) is 29.6 Å². The molecule has 2 aromatic rings. The smallest absolute Gasteiger partial charge is 0.390 e. The Morgan fingerprint density at radius 2 is 1.91 bits per heavy atom. The Hall–Kier alpha value is -2.35. The minimum absolute atomic E-state index is 0.0822. The van der Waals surface area contributed by atoms with E-state index in [4.69, 9.17) is 5.11 Å². The monoisotopic (exact) mass is 313 g/mol. The maximum Gasteiger partial charge on any atom is 0.411 e. The molecule has 0 aliphatic carbocycles. The molecule has 0 aromatic carbocycles. The van der Waals surface area contributed by atoms with Crippen LogP contribution < -0.4 is 4.68 Å². The lowest BCUT2D eigenvalue weighted by Gasteiger charge is -2.01. The molecule has 0 bridgehead atoms. The van der Waals surface area contributed by atoms with E-state index in [0.717, 1.165) is 12.5 Å². The molecular formula is C14H16F3N4O+. The van der Waals surface area contributed by atoms with Crippen LogP contribution >= 0.6 is 0 Å². The van der Waals surface area contributed by atoms with Crippen LogP contribution in [0.2, 0.25) is 0 Å². The maximum atomic E-state index is 11.1. The summed E-state index contributed by atoms with van der Waals surface area (Å²) in [4.78, 5) is 8.23. The molecule has 0 aliphatic heterocycles. The fourth-order valence-corrected chi connectivity index (χ4v) is 1.20. The quantitative estimate of drug-likeness (QED) is 0.695. The molecule has 0 radical (unpaired) electrons. The van der Waals surface area contributed by atoms with Crippen molar-refractivity contribution >= 4 is 0 Å². The zero-order valence-corrected chi connectivity index (χ0v) is 12.0. The number of aliphatic hydroxyl groups is 1. The number of halogens is 3. The van der Waals surface area contributed by atoms with Gasteiger partial charge in [-0.25, -0.2) is 9.97 Å². The summed E-state index contributed by atoms with van der Waals surface area (Å²) < 4.78 is 34.9. The first-order chi connectivity index (χ1) is 10.3. The molecule has 22 heavy (non-hydrogen) atoms. The Bertz CT molecular complexity index is 585. The topological polar surface area (TPSA) is 62.8 Å². The molecule has 118 valence electrons. The summed E-state index contributed by atoms with van der Waals surface area (Å²) in [6.45, 7) is 4.21. The van der Waals surface area contributed by atoms with Crippen LogP contribution in [0.3, 0.4) is 0 Å². The van der Waals surface area contributed by atoms with Gasteiger partial charge in [-0.1, -0.05) is 11.3 Å². The Morgan fingerprint density at radius 3 is 2.32 bits per heavy atom. The minimum atomic E-state index is -4.19. The second-order valence-electron chi connectivity index (χ2n) is 4.25. The second kappa shape index (κ2) is 8.18. The van der Waals surface area contributed by atoms with Crippen molar-refractivity contribution in [3.05, 3.63) is 49.1 Å². The predicted molar refractivity (Wildman–Crippen MR) is 73.4 cm³/mol. The zero-order chi connectivity index (χ0) is 16.6. The Morgan fingerprint density at radius 1 is 1.32 bits per heavy atom. The number of allylic oxidation sites excluding steroid dienone is 1. The van der Waals surface area contributed by atoms with E-state index in [2.05, 4.69) is 21.6 Å². The molecule has 2 aromatic heterocycles. The summed E-state index contributed by atoms with van der Waals surface area (Å²) in [7, 11) is 0. The summed E-state index contributed by atoms with van der Waals surface area (Å²) in [6.07, 6.45) is 2.67. The lowest BCUT2D eigenvalue weighted by atomic mass is 10.3. The van der Waals surface area contributed by atoms with E-state index >= 15 is 0 Å². The first-order valence-corrected chi connectivity index (χ1v) is 6.31. The summed E-state index contributed by atoms with van der Waals surface area (Å²) in [6, 6.07) is 3.64. The fourth-order valence-electron chi connectivity index (χ4n) is 1.20. The first kappa shape index (κ1) is 17.7. The third-order valence-electron chi connectivity index (χ3n) is 2.41. The predicted octanol–water partition coefficient (Wildman–Crippen LogP) is 1.94. The number of hydrogen-bond donors (Lipinski definition) is 1. The van der Waals surface area contributed by atoms with Gasteiger partial charge in [-0.2, -0.15) is 13.2 Å². The molecule has 0 spiro atoms. The Kier molecular flexibility index (Phi) is 6.58. The van der Waals surface area contributed by atoms with Crippen molar-refractivity contribution < 1.29 is 23.0 Å². The van der Waals surface area contributed by atoms with Crippen molar-refractivity contribution in [2.75, 3.05) is 6.61 Å². The van der Waals surface area contributed by atoms with Gasteiger partial charge in [0.05, 0.1) is 0 Å². The Labute approximate surface area is 125 Å². The van der Waals surface area contributed by atoms with E-state index in [1.54, 1.807) is 35.5 Å². The molecular weight excluding hydrogens is 297 g/mol. The summed E-state index contributed by atoms with van der Waals surface area (Å²) in [5.41, 5.74) is 0.109. The van der Waals surface area contributed by atoms with Crippen LogP contribution in [-0.4, -0.2) is 33.0 Å². The largest absolute Gasteiger partial charge is 0.411 e. The van der Waals surface area contributed by atoms with Gasteiger partial charge in [0.15, 0.2) is 18.6 Å². The van der Waals surface area contributed by atoms with Gasteiger partial charge in [0.2, 0.25) is 0 Å². The molecule has 0 atom stereocenters. The van der Waals surface area contributed by atoms with Crippen molar-refractivity contribution in [1.29, 1.82) is 0 Å². The maximum absolute atomic E-state index is 11.1. The van der Waals surface area contributed by atoms with Crippen LogP contribution in [-0.2, 0) is 6.54 Å². The first-order valence-electron chi connectivity index (χ1n) is 6.31. The molecule has 0 fully saturated rings. The van der Waals surface area contributed by atoms with Crippen LogP contribution in [0.4, 0.5) is 13.2 Å². The van der Waals surface area contributed by atoms with Crippen LogP contribution in [0.5, 0.6) is 0 Å². The molecule has 1 N–H and O–H groups in total. The number of aliphatic hydroxyl groups excluding tert-OH is 1. The molecule has 0 aliphatic rings. The molecule has 0 unspecified atom stereocenters. The molecule has 8 heteroatoms. The highest BCUT2D eigenvalue weighted by Gasteiger charge is 2.27. The lowest BCUT2D eigenvalue weighted by Crippen LogP contribution is -2.38. The van der Waals surface area contributed by atoms with Gasteiger partial charge in [-0.05, 0) is 18.1 Å². The number of aromatic nitrogens is 4. The van der Waals surface area contributed by atoms with Crippen molar-refractivity contribution in [3.8, 4) is 11.4 Å². The van der Waals surface area contributed by atoms with E-state index in [-0.39, 0.29) is 6.61 Å². The van der Waals surface area contributed by atoms with Crippen LogP contribution in [0.1, 0.15) is 6.92 Å². The number of nitrogens with zero attached hydrogens (tertiary/aromatic N) is 4. The van der Waals surface area contributed by atoms with Gasteiger partial charge in [0.1, 0.15) is 12.8 Å². The van der Waals surface area contributed by atoms with Crippen LogP contribution in [0, 0.1) is 0 Å². The van der Waals surface area contributed by atoms with Gasteiger partial charge < -0.3 is 5.11 Å². The van der Waals surface area contributed by atoms with Gasteiger partial charge in [-0.3, -0.25) is 0 Å². The third kappa shape index (κ3) is 5.96. The van der Waals surface area contributed by atoms with E-state index < -0.39 is 11.7 Å². The molecule has 0 saturated carbocycles. The molecule has 0 amide bonds. The summed E-state index contributed by atoms with van der Waals surface area (Å²) in [5.74, 6) is 0.654. The molecule has 5 nitrogen and oxygen atoms in total. The highest BCUT2D eigenvalue weighted by atomic mass is 19.4. The zero-order valence-electron chi connectivity index (χ0n) is 12.0. The van der Waals surface area contributed by atoms with Gasteiger partial charge >= 0.3 is 6.18 Å². The number of rotatable bonds is 3. The van der Waals surface area contributed by atoms with E-state index in [1.165, 1.54) is 0 Å². The van der Waals surface area contributed by atoms with Crippen molar-refractivity contribution in [3.63, 3.8) is 0 Å². The van der Waals surface area contributed by atoms with Crippen LogP contribution in [0.15, 0.2) is 49.1 Å². The van der Waals surface area contributed by atoms with Crippen LogP contribution in [0.25, 0.3) is 11.4 Å². The van der Waals surface area contributed by atoms with E-state index in [0.29, 0.717) is 12.4 Å². The lowest BCUT2D eigenvalue weighted by molar-refractivity contribution is -0.754. The number of alkyl halides is 3. The average Bonchev–Trinajstić information content (AvgIpc) is 2.49. The Balaban J connectivity index is 0.000000295. The van der Waals surface area contributed by atoms with Gasteiger partial charge in [0.25, 0.3) is 0 Å². The molecule has 2 heterocycles. The number of hydrogen-bond acceptors (Lipinski definition) is 4. The van der Waals surface area contributed by atoms with Crippen molar-refractivity contribution in [1.82, 2.24) is 15.1 Å². The highest BCUT2D eigenvalue weighted by Crippen LogP contribution is 2.22. The summed E-state index contributed by atoms with van der Waals surface area (Å²) >= 11 is 0. The standard InChI is InChI=1S/C10H11N4O.C4H5F3/c15-7-6-14-5-2-9(8-13-14)10-11-3-1-4-12-10;1-3(2)4(5,6)7/h1-5,8,15H,6-7H2;1H2,2H3/q+1;. The second-order valence-corrected chi connectivity index (χ2v) is 4.25. The van der Waals surface area contributed by atoms with E-state index in [1.807, 2.05) is 6.07 Å². The third-order valence-corrected chi connectivity index (χ3v) is 2.41. The average molecular weight is 313 g/mol. The normalized spacial score (nSPS) is 10.6. The highest BCUT2D eigenvalue weighted by molar-refractivity contribution is 5.51.